The zero-order valence-electron chi connectivity index (χ0n) is 12.9. The molecular weight excluding hydrogens is 517 g/mol. The molecule has 0 aliphatic rings. The van der Waals surface area contributed by atoms with Crippen LogP contribution in [0.5, 0.6) is 5.75 Å². The lowest BCUT2D eigenvalue weighted by Crippen LogP contribution is -2.27. The summed E-state index contributed by atoms with van der Waals surface area (Å²) in [5, 5.41) is 3.69. The molecule has 25 heavy (non-hydrogen) atoms. The molecule has 0 saturated heterocycles. The summed E-state index contributed by atoms with van der Waals surface area (Å²) < 4.78 is 6.15. The van der Waals surface area contributed by atoms with Crippen molar-refractivity contribution in [1.82, 2.24) is 15.3 Å². The summed E-state index contributed by atoms with van der Waals surface area (Å²) in [5.41, 5.74) is 1.98. The Labute approximate surface area is 169 Å². The summed E-state index contributed by atoms with van der Waals surface area (Å²) in [4.78, 5) is 21.3. The molecule has 1 N–H and O–H groups in total. The lowest BCUT2D eigenvalue weighted by molar-refractivity contribution is 0.0947. The minimum atomic E-state index is -0.287. The van der Waals surface area contributed by atoms with Crippen molar-refractivity contribution in [1.29, 1.82) is 0 Å². The number of pyridine rings is 2. The van der Waals surface area contributed by atoms with E-state index in [1.807, 2.05) is 63.7 Å². The van der Waals surface area contributed by atoms with Gasteiger partial charge in [0.25, 0.3) is 5.91 Å². The smallest absolute Gasteiger partial charge is 0.273 e. The first-order valence-corrected chi connectivity index (χ1v) is 11.5. The fourth-order valence-electron chi connectivity index (χ4n) is 2.39. The fourth-order valence-corrected chi connectivity index (χ4v) is 3.64. The molecule has 128 valence electrons. The van der Waals surface area contributed by atoms with Crippen LogP contribution in [-0.4, -0.2) is 22.4 Å². The summed E-state index contributed by atoms with van der Waals surface area (Å²) in [6, 6.07) is 13.7. The number of hydrogen-bond acceptors (Lipinski definition) is 5. The van der Waals surface area contributed by atoms with E-state index >= 15 is 0 Å². The van der Waals surface area contributed by atoms with E-state index in [0.717, 1.165) is 26.6 Å². The highest BCUT2D eigenvalue weighted by atomic mass is 127. The van der Waals surface area contributed by atoms with Crippen molar-refractivity contribution in [2.45, 2.75) is 6.42 Å². The molecule has 1 aromatic carbocycles. The van der Waals surface area contributed by atoms with Crippen molar-refractivity contribution in [2.24, 2.45) is 0 Å². The van der Waals surface area contributed by atoms with Crippen LogP contribution in [0.2, 0.25) is 0 Å². The Morgan fingerprint density at radius 3 is 2.80 bits per heavy atom. The van der Waals surface area contributed by atoms with Crippen molar-refractivity contribution in [2.75, 3.05) is 6.54 Å². The molecule has 5 nitrogen and oxygen atoms in total. The van der Waals surface area contributed by atoms with Crippen LogP contribution in [0.15, 0.2) is 53.3 Å². The molecule has 0 aliphatic heterocycles. The monoisotopic (exact) mass is 529 g/mol. The van der Waals surface area contributed by atoms with Crippen LogP contribution in [0, 0.1) is 0 Å². The molecule has 0 saturated carbocycles. The van der Waals surface area contributed by atoms with Crippen molar-refractivity contribution >= 4 is 63.2 Å². The lowest BCUT2D eigenvalue weighted by Gasteiger charge is -2.11. The highest BCUT2D eigenvalue weighted by Crippen LogP contribution is 2.34. The predicted molar refractivity (Wildman–Crippen MR) is 112 cm³/mol. The molecule has 0 aliphatic carbocycles. The summed E-state index contributed by atoms with van der Waals surface area (Å²) in [6.07, 6.45) is 2.41. The summed E-state index contributed by atoms with van der Waals surface area (Å²) in [6.45, 7) is 0.513. The second kappa shape index (κ2) is 8.81. The molecule has 3 rings (SSSR count). The van der Waals surface area contributed by atoms with Crippen LogP contribution in [-0.2, 0) is 6.42 Å². The van der Waals surface area contributed by atoms with Gasteiger partial charge in [0.1, 0.15) is 19.3 Å². The molecule has 0 atom stereocenters. The highest BCUT2D eigenvalue weighted by molar-refractivity contribution is 14.2. The molecule has 1 amide bonds. The van der Waals surface area contributed by atoms with Crippen molar-refractivity contribution in [3.05, 3.63) is 64.5 Å². The van der Waals surface area contributed by atoms with E-state index in [0.29, 0.717) is 22.4 Å². The Balaban J connectivity index is 1.83. The summed E-state index contributed by atoms with van der Waals surface area (Å²) in [7, 11) is 1.12. The van der Waals surface area contributed by atoms with Crippen LogP contribution in [0.3, 0.4) is 0 Å². The molecule has 0 spiro atoms. The van der Waals surface area contributed by atoms with Gasteiger partial charge in [0.2, 0.25) is 0 Å². The van der Waals surface area contributed by atoms with Gasteiger partial charge in [-0.2, -0.15) is 0 Å². The SMILES string of the molecule is O=C(NCCc1ccccc1)c1nc(Br)c2cccnc2c1OSI. The molecule has 3 aromatic rings. The Bertz CT molecular complexity index is 896. The number of amides is 1. The van der Waals surface area contributed by atoms with Crippen LogP contribution in [0.4, 0.5) is 0 Å². The van der Waals surface area contributed by atoms with E-state index in [9.17, 15) is 4.79 Å². The molecule has 0 unspecified atom stereocenters. The van der Waals surface area contributed by atoms with Gasteiger partial charge in [-0.25, -0.2) is 4.98 Å². The fraction of sp³-hybridized carbons (Fsp3) is 0.118. The van der Waals surface area contributed by atoms with Gasteiger partial charge in [-0.15, -0.1) is 0 Å². The first-order chi connectivity index (χ1) is 12.2. The Morgan fingerprint density at radius 2 is 2.04 bits per heavy atom. The number of rotatable bonds is 6. The number of nitrogens with one attached hydrogen (secondary N) is 1. The third kappa shape index (κ3) is 4.42. The van der Waals surface area contributed by atoms with Gasteiger partial charge in [-0.3, -0.25) is 9.78 Å². The maximum absolute atomic E-state index is 12.6. The third-order valence-corrected chi connectivity index (χ3v) is 4.92. The van der Waals surface area contributed by atoms with Crippen LogP contribution in [0.1, 0.15) is 16.1 Å². The van der Waals surface area contributed by atoms with Gasteiger partial charge in [0, 0.05) is 39.3 Å². The minimum Gasteiger partial charge on any atom is -0.410 e. The number of hydrogen-bond donors (Lipinski definition) is 1. The van der Waals surface area contributed by atoms with E-state index in [4.69, 9.17) is 4.18 Å². The number of carbonyl (C=O) groups is 1. The molecular formula is C17H13BrIN3O2S. The largest absolute Gasteiger partial charge is 0.410 e. The summed E-state index contributed by atoms with van der Waals surface area (Å²) >= 11 is 5.42. The lowest BCUT2D eigenvalue weighted by atomic mass is 10.1. The average Bonchev–Trinajstić information content (AvgIpc) is 2.65. The zero-order valence-corrected chi connectivity index (χ0v) is 17.5. The molecule has 0 bridgehead atoms. The average molecular weight is 530 g/mol. The zero-order chi connectivity index (χ0) is 17.6. The van der Waals surface area contributed by atoms with Crippen LogP contribution in [0.25, 0.3) is 10.9 Å². The van der Waals surface area contributed by atoms with E-state index in [2.05, 4.69) is 31.2 Å². The topological polar surface area (TPSA) is 64.1 Å². The van der Waals surface area contributed by atoms with Crippen LogP contribution >= 0.6 is 46.3 Å². The van der Waals surface area contributed by atoms with Gasteiger partial charge in [-0.05, 0) is 40.0 Å². The predicted octanol–water partition coefficient (Wildman–Crippen LogP) is 4.74. The number of benzene rings is 1. The van der Waals surface area contributed by atoms with Gasteiger partial charge in [0.15, 0.2) is 11.4 Å². The Morgan fingerprint density at radius 1 is 1.24 bits per heavy atom. The molecule has 0 radical (unpaired) electrons. The van der Waals surface area contributed by atoms with E-state index in [1.54, 1.807) is 6.20 Å². The molecule has 8 heteroatoms. The standard InChI is InChI=1S/C17H13BrIN3O2S/c18-16-12-7-4-9-20-13(12)15(24-25-19)14(22-16)17(23)21-10-8-11-5-2-1-3-6-11/h1-7,9H,8,10H2,(H,21,23). The second-order valence-corrected chi connectivity index (χ2v) is 7.24. The third-order valence-electron chi connectivity index (χ3n) is 3.54. The van der Waals surface area contributed by atoms with Crippen molar-refractivity contribution < 1.29 is 8.98 Å². The summed E-state index contributed by atoms with van der Waals surface area (Å²) in [5.74, 6) is 0.0834. The Kier molecular flexibility index (Phi) is 6.49. The first-order valence-electron chi connectivity index (χ1n) is 7.42. The van der Waals surface area contributed by atoms with Gasteiger partial charge in [-0.1, -0.05) is 30.3 Å². The number of aromatic nitrogens is 2. The first kappa shape index (κ1) is 18.4. The molecule has 2 heterocycles. The normalized spacial score (nSPS) is 10.6. The van der Waals surface area contributed by atoms with Crippen LogP contribution < -0.4 is 9.50 Å². The number of halogens is 2. The van der Waals surface area contributed by atoms with Gasteiger partial charge < -0.3 is 9.50 Å². The van der Waals surface area contributed by atoms with Gasteiger partial charge >= 0.3 is 0 Å². The molecule has 0 fully saturated rings. The maximum Gasteiger partial charge on any atom is 0.273 e. The Hall–Kier alpha value is -1.39. The quantitative estimate of drug-likeness (QED) is 0.284. The van der Waals surface area contributed by atoms with Crippen molar-refractivity contribution in [3.8, 4) is 5.75 Å². The maximum atomic E-state index is 12.6. The number of nitrogens with zero attached hydrogens (tertiary/aromatic N) is 2. The minimum absolute atomic E-state index is 0.218. The van der Waals surface area contributed by atoms with Crippen molar-refractivity contribution in [3.63, 3.8) is 0 Å². The molecule has 2 aromatic heterocycles. The van der Waals surface area contributed by atoms with E-state index in [-0.39, 0.29) is 11.6 Å². The number of fused-ring (bicyclic) bond motifs is 1. The second-order valence-electron chi connectivity index (χ2n) is 5.12. The highest BCUT2D eigenvalue weighted by Gasteiger charge is 2.21. The van der Waals surface area contributed by atoms with E-state index in [1.165, 1.54) is 0 Å². The number of carbonyl (C=O) groups excluding carboxylic acids is 1. The van der Waals surface area contributed by atoms with E-state index < -0.39 is 0 Å². The van der Waals surface area contributed by atoms with Gasteiger partial charge in [0.05, 0.1) is 0 Å².